The van der Waals surface area contributed by atoms with Gasteiger partial charge in [0.1, 0.15) is 0 Å². The molecule has 1 aliphatic heterocycles. The van der Waals surface area contributed by atoms with Crippen LogP contribution in [0, 0.1) is 5.92 Å². The molecule has 1 unspecified atom stereocenters. The summed E-state index contributed by atoms with van der Waals surface area (Å²) in [5.41, 5.74) is 0.239. The first-order valence-corrected chi connectivity index (χ1v) is 6.80. The lowest BCUT2D eigenvalue weighted by Gasteiger charge is -2.28. The first kappa shape index (κ1) is 14.5. The highest BCUT2D eigenvalue weighted by Gasteiger charge is 2.23. The molecule has 1 atom stereocenters. The number of carboxylic acid groups (broad SMARTS) is 1. The highest BCUT2D eigenvalue weighted by atomic mass is 16.5. The minimum atomic E-state index is -1.09. The zero-order chi connectivity index (χ0) is 14.5. The van der Waals surface area contributed by atoms with E-state index in [2.05, 4.69) is 5.32 Å². The minimum absolute atomic E-state index is 0.00764. The summed E-state index contributed by atoms with van der Waals surface area (Å²) in [6, 6.07) is 6.27. The summed E-state index contributed by atoms with van der Waals surface area (Å²) in [4.78, 5) is 23.3. The standard InChI is InChI=1S/C15H19NO4/c1-10(11-6-8-20-9-7-11)16-14(17)12-4-2-3-5-13(12)15(18)19/h2-5,10-11H,6-9H2,1H3,(H,16,17)(H,18,19). The van der Waals surface area contributed by atoms with Gasteiger partial charge in [0, 0.05) is 19.3 Å². The third kappa shape index (κ3) is 3.36. The SMILES string of the molecule is CC(NC(=O)c1ccccc1C(=O)O)C1CCOCC1. The molecule has 1 aromatic carbocycles. The van der Waals surface area contributed by atoms with Crippen LogP contribution in [0.25, 0.3) is 0 Å². The van der Waals surface area contributed by atoms with E-state index < -0.39 is 5.97 Å². The molecule has 5 heteroatoms. The van der Waals surface area contributed by atoms with Crippen LogP contribution in [-0.4, -0.2) is 36.2 Å². The Labute approximate surface area is 117 Å². The van der Waals surface area contributed by atoms with Gasteiger partial charge >= 0.3 is 5.97 Å². The molecule has 0 aliphatic carbocycles. The Morgan fingerprint density at radius 3 is 2.45 bits per heavy atom. The van der Waals surface area contributed by atoms with E-state index in [4.69, 9.17) is 9.84 Å². The van der Waals surface area contributed by atoms with Crippen molar-refractivity contribution in [2.75, 3.05) is 13.2 Å². The predicted octanol–water partition coefficient (Wildman–Crippen LogP) is 1.93. The van der Waals surface area contributed by atoms with Gasteiger partial charge in [-0.3, -0.25) is 4.79 Å². The van der Waals surface area contributed by atoms with E-state index in [0.717, 1.165) is 26.1 Å². The normalized spacial score (nSPS) is 17.4. The van der Waals surface area contributed by atoms with Gasteiger partial charge in [-0.15, -0.1) is 0 Å². The highest BCUT2D eigenvalue weighted by molar-refractivity contribution is 6.04. The molecule has 1 saturated heterocycles. The Balaban J connectivity index is 2.06. The fourth-order valence-corrected chi connectivity index (χ4v) is 2.49. The molecule has 1 aliphatic rings. The van der Waals surface area contributed by atoms with E-state index >= 15 is 0 Å². The third-order valence-corrected chi connectivity index (χ3v) is 3.73. The Bertz CT molecular complexity index is 494. The maximum Gasteiger partial charge on any atom is 0.336 e. The second-order valence-corrected chi connectivity index (χ2v) is 5.06. The summed E-state index contributed by atoms with van der Waals surface area (Å²) >= 11 is 0. The molecule has 0 radical (unpaired) electrons. The topological polar surface area (TPSA) is 75.6 Å². The minimum Gasteiger partial charge on any atom is -0.478 e. The summed E-state index contributed by atoms with van der Waals surface area (Å²) in [7, 11) is 0. The molecule has 108 valence electrons. The van der Waals surface area contributed by atoms with Crippen molar-refractivity contribution in [2.24, 2.45) is 5.92 Å². The van der Waals surface area contributed by atoms with E-state index in [1.807, 2.05) is 6.92 Å². The average Bonchev–Trinajstić information content (AvgIpc) is 2.48. The summed E-state index contributed by atoms with van der Waals surface area (Å²) in [6.07, 6.45) is 1.84. The molecule has 5 nitrogen and oxygen atoms in total. The van der Waals surface area contributed by atoms with Crippen molar-refractivity contribution in [1.29, 1.82) is 0 Å². The fourth-order valence-electron chi connectivity index (χ4n) is 2.49. The number of carbonyl (C=O) groups is 2. The molecule has 1 fully saturated rings. The molecular formula is C15H19NO4. The van der Waals surface area contributed by atoms with Gasteiger partial charge in [0.05, 0.1) is 11.1 Å². The molecule has 1 aromatic rings. The smallest absolute Gasteiger partial charge is 0.336 e. The number of hydrogen-bond donors (Lipinski definition) is 2. The number of aromatic carboxylic acids is 1. The molecule has 0 bridgehead atoms. The van der Waals surface area contributed by atoms with Crippen LogP contribution in [0.5, 0.6) is 0 Å². The van der Waals surface area contributed by atoms with Crippen LogP contribution in [0.3, 0.4) is 0 Å². The van der Waals surface area contributed by atoms with Crippen LogP contribution in [0.4, 0.5) is 0 Å². The summed E-state index contributed by atoms with van der Waals surface area (Å²) in [6.45, 7) is 3.39. The zero-order valence-corrected chi connectivity index (χ0v) is 11.5. The maximum absolute atomic E-state index is 12.2. The largest absolute Gasteiger partial charge is 0.478 e. The van der Waals surface area contributed by atoms with E-state index in [1.54, 1.807) is 12.1 Å². The van der Waals surface area contributed by atoms with Crippen molar-refractivity contribution in [2.45, 2.75) is 25.8 Å². The molecule has 0 aromatic heterocycles. The number of carbonyl (C=O) groups excluding carboxylic acids is 1. The number of rotatable bonds is 4. The van der Waals surface area contributed by atoms with E-state index in [9.17, 15) is 9.59 Å². The Kier molecular flexibility index (Phi) is 4.74. The molecule has 0 spiro atoms. The van der Waals surface area contributed by atoms with Crippen molar-refractivity contribution in [3.8, 4) is 0 Å². The summed E-state index contributed by atoms with van der Waals surface area (Å²) in [5, 5.41) is 12.0. The first-order chi connectivity index (χ1) is 9.59. The third-order valence-electron chi connectivity index (χ3n) is 3.73. The summed E-state index contributed by atoms with van der Waals surface area (Å²) in [5.74, 6) is -1.04. The lowest BCUT2D eigenvalue weighted by molar-refractivity contribution is 0.0537. The molecular weight excluding hydrogens is 258 g/mol. The molecule has 1 amide bonds. The number of hydrogen-bond acceptors (Lipinski definition) is 3. The van der Waals surface area contributed by atoms with Gasteiger partial charge in [-0.1, -0.05) is 12.1 Å². The molecule has 2 N–H and O–H groups in total. The second kappa shape index (κ2) is 6.52. The van der Waals surface area contributed by atoms with Crippen molar-refractivity contribution < 1.29 is 19.4 Å². The van der Waals surface area contributed by atoms with Crippen LogP contribution in [0.2, 0.25) is 0 Å². The van der Waals surface area contributed by atoms with Crippen molar-refractivity contribution in [3.05, 3.63) is 35.4 Å². The van der Waals surface area contributed by atoms with Crippen LogP contribution >= 0.6 is 0 Å². The zero-order valence-electron chi connectivity index (χ0n) is 11.5. The van der Waals surface area contributed by atoms with Gasteiger partial charge in [0.25, 0.3) is 5.91 Å². The number of carboxylic acids is 1. The Hall–Kier alpha value is -1.88. The maximum atomic E-state index is 12.2. The molecule has 2 rings (SSSR count). The second-order valence-electron chi connectivity index (χ2n) is 5.06. The average molecular weight is 277 g/mol. The molecule has 0 saturated carbocycles. The van der Waals surface area contributed by atoms with Crippen molar-refractivity contribution in [1.82, 2.24) is 5.32 Å². The van der Waals surface area contributed by atoms with E-state index in [-0.39, 0.29) is 23.1 Å². The van der Waals surface area contributed by atoms with Crippen LogP contribution in [0.1, 0.15) is 40.5 Å². The van der Waals surface area contributed by atoms with Gasteiger partial charge in [-0.2, -0.15) is 0 Å². The van der Waals surface area contributed by atoms with Gasteiger partial charge in [0.2, 0.25) is 0 Å². The van der Waals surface area contributed by atoms with Crippen molar-refractivity contribution >= 4 is 11.9 Å². The van der Waals surface area contributed by atoms with Gasteiger partial charge < -0.3 is 15.2 Å². The van der Waals surface area contributed by atoms with E-state index in [1.165, 1.54) is 12.1 Å². The first-order valence-electron chi connectivity index (χ1n) is 6.80. The number of benzene rings is 1. The lowest BCUT2D eigenvalue weighted by Crippen LogP contribution is -2.40. The molecule has 20 heavy (non-hydrogen) atoms. The number of nitrogens with one attached hydrogen (secondary N) is 1. The van der Waals surface area contributed by atoms with Gasteiger partial charge in [-0.25, -0.2) is 4.79 Å². The quantitative estimate of drug-likeness (QED) is 0.881. The van der Waals surface area contributed by atoms with Crippen LogP contribution < -0.4 is 5.32 Å². The van der Waals surface area contributed by atoms with Crippen LogP contribution in [-0.2, 0) is 4.74 Å². The lowest BCUT2D eigenvalue weighted by atomic mass is 9.92. The Morgan fingerprint density at radius 2 is 1.85 bits per heavy atom. The van der Waals surface area contributed by atoms with E-state index in [0.29, 0.717) is 5.92 Å². The number of ether oxygens (including phenoxy) is 1. The monoisotopic (exact) mass is 277 g/mol. The van der Waals surface area contributed by atoms with Gasteiger partial charge in [-0.05, 0) is 37.8 Å². The van der Waals surface area contributed by atoms with Crippen molar-refractivity contribution in [3.63, 3.8) is 0 Å². The van der Waals surface area contributed by atoms with Gasteiger partial charge in [0.15, 0.2) is 0 Å². The highest BCUT2D eigenvalue weighted by Crippen LogP contribution is 2.19. The Morgan fingerprint density at radius 1 is 1.25 bits per heavy atom. The summed E-state index contributed by atoms with van der Waals surface area (Å²) < 4.78 is 5.30. The predicted molar refractivity (Wildman–Crippen MR) is 73.9 cm³/mol. The number of amides is 1. The fraction of sp³-hybridized carbons (Fsp3) is 0.467. The van der Waals surface area contributed by atoms with Crippen LogP contribution in [0.15, 0.2) is 24.3 Å². The molecule has 1 heterocycles.